The third-order valence-electron chi connectivity index (χ3n) is 6.09. The van der Waals surface area contributed by atoms with Crippen molar-refractivity contribution in [2.75, 3.05) is 24.6 Å². The molecule has 1 amide bonds. The summed E-state index contributed by atoms with van der Waals surface area (Å²) in [6.45, 7) is 2.07. The van der Waals surface area contributed by atoms with Gasteiger partial charge in [-0.2, -0.15) is 0 Å². The lowest BCUT2D eigenvalue weighted by Crippen LogP contribution is -2.55. The number of rotatable bonds is 6. The largest absolute Gasteiger partial charge is 0.375 e. The molecule has 0 aliphatic carbocycles. The van der Waals surface area contributed by atoms with Gasteiger partial charge in [-0.25, -0.2) is 9.37 Å². The van der Waals surface area contributed by atoms with Crippen molar-refractivity contribution in [2.24, 2.45) is 0 Å². The Morgan fingerprint density at radius 3 is 2.80 bits per heavy atom. The Morgan fingerprint density at radius 1 is 1.17 bits per heavy atom. The molecule has 0 spiro atoms. The molecule has 0 radical (unpaired) electrons. The molecule has 2 aliphatic heterocycles. The van der Waals surface area contributed by atoms with Crippen LogP contribution >= 0.6 is 0 Å². The molecule has 5 rings (SSSR count). The van der Waals surface area contributed by atoms with Crippen LogP contribution in [0.15, 0.2) is 49.1 Å². The first-order valence-electron chi connectivity index (χ1n) is 10.3. The van der Waals surface area contributed by atoms with Gasteiger partial charge in [-0.3, -0.25) is 9.78 Å². The van der Waals surface area contributed by atoms with E-state index in [4.69, 9.17) is 4.74 Å². The summed E-state index contributed by atoms with van der Waals surface area (Å²) in [5, 5.41) is 0. The number of halogens is 1. The molecule has 30 heavy (non-hydrogen) atoms. The van der Waals surface area contributed by atoms with Gasteiger partial charge in [0.05, 0.1) is 31.5 Å². The number of aromatic nitrogens is 3. The number of hydrogen-bond donors (Lipinski definition) is 0. The molecule has 2 fully saturated rings. The molecule has 5 heterocycles. The molecule has 2 saturated heterocycles. The zero-order chi connectivity index (χ0) is 20.5. The van der Waals surface area contributed by atoms with Crippen molar-refractivity contribution in [3.63, 3.8) is 0 Å². The lowest BCUT2D eigenvalue weighted by molar-refractivity contribution is -0.133. The normalized spacial score (nSPS) is 20.8. The minimum atomic E-state index is -0.296. The van der Waals surface area contributed by atoms with Crippen LogP contribution in [0, 0.1) is 5.82 Å². The fourth-order valence-corrected chi connectivity index (χ4v) is 4.70. The number of hydrogen-bond acceptors (Lipinski definition) is 5. The number of imidazole rings is 1. The zero-order valence-corrected chi connectivity index (χ0v) is 16.7. The maximum Gasteiger partial charge on any atom is 0.225 e. The van der Waals surface area contributed by atoms with E-state index in [1.807, 2.05) is 33.7 Å². The number of likely N-dealkylation sites (tertiary alicyclic amines) is 1. The first-order chi connectivity index (χ1) is 14.7. The van der Waals surface area contributed by atoms with E-state index in [9.17, 15) is 9.18 Å². The zero-order valence-electron chi connectivity index (χ0n) is 16.7. The predicted molar refractivity (Wildman–Crippen MR) is 110 cm³/mol. The number of ether oxygens (including phenoxy) is 1. The highest BCUT2D eigenvalue weighted by atomic mass is 19.1. The highest BCUT2D eigenvalue weighted by Crippen LogP contribution is 2.36. The van der Waals surface area contributed by atoms with Crippen molar-refractivity contribution >= 4 is 17.2 Å². The molecule has 2 aliphatic rings. The standard InChI is InChI=1S/C22H24FN5O2/c23-19-12-24-8-6-20(19)28-16-4-5-17(28)14-26(13-16)22(29)7-11-30-15-18-2-1-3-21-25-9-10-27(18)21/h1-3,6,8-10,12,16-17H,4-5,7,11,13-15H2. The highest BCUT2D eigenvalue weighted by Gasteiger charge is 2.42. The second-order valence-corrected chi connectivity index (χ2v) is 7.89. The Hall–Kier alpha value is -3.00. The molecule has 3 aromatic heterocycles. The Balaban J connectivity index is 1.15. The fourth-order valence-electron chi connectivity index (χ4n) is 4.70. The quantitative estimate of drug-likeness (QED) is 0.586. The van der Waals surface area contributed by atoms with Crippen LogP contribution in [-0.2, 0) is 16.1 Å². The van der Waals surface area contributed by atoms with E-state index >= 15 is 0 Å². The smallest absolute Gasteiger partial charge is 0.225 e. The molecule has 2 unspecified atom stereocenters. The van der Waals surface area contributed by atoms with E-state index in [-0.39, 0.29) is 23.8 Å². The number of carbonyl (C=O) groups is 1. The molecule has 0 aromatic carbocycles. The summed E-state index contributed by atoms with van der Waals surface area (Å²) >= 11 is 0. The summed E-state index contributed by atoms with van der Waals surface area (Å²) in [6.07, 6.45) is 8.84. The van der Waals surface area contributed by atoms with Crippen LogP contribution in [0.4, 0.5) is 10.1 Å². The SMILES string of the molecule is O=C(CCOCc1cccc2nccn12)N1CC2CCC(C1)N2c1ccncc1F. The molecule has 0 saturated carbocycles. The van der Waals surface area contributed by atoms with Gasteiger partial charge in [-0.05, 0) is 31.0 Å². The summed E-state index contributed by atoms with van der Waals surface area (Å²) in [7, 11) is 0. The van der Waals surface area contributed by atoms with Gasteiger partial charge in [-0.1, -0.05) is 6.07 Å². The average Bonchev–Trinajstić information content (AvgIpc) is 3.33. The van der Waals surface area contributed by atoms with E-state index in [1.54, 1.807) is 18.5 Å². The molecule has 2 bridgehead atoms. The lowest BCUT2D eigenvalue weighted by Gasteiger charge is -2.42. The number of anilines is 1. The van der Waals surface area contributed by atoms with E-state index < -0.39 is 0 Å². The van der Waals surface area contributed by atoms with Crippen molar-refractivity contribution in [1.29, 1.82) is 0 Å². The molecule has 0 N–H and O–H groups in total. The summed E-state index contributed by atoms with van der Waals surface area (Å²) in [5.74, 6) is -0.196. The van der Waals surface area contributed by atoms with E-state index in [2.05, 4.69) is 14.9 Å². The summed E-state index contributed by atoms with van der Waals surface area (Å²) < 4.78 is 22.0. The Bertz CT molecular complexity index is 1040. The topological polar surface area (TPSA) is 63.0 Å². The van der Waals surface area contributed by atoms with Gasteiger partial charge >= 0.3 is 0 Å². The maximum absolute atomic E-state index is 14.2. The van der Waals surface area contributed by atoms with Crippen molar-refractivity contribution in [3.8, 4) is 0 Å². The van der Waals surface area contributed by atoms with Crippen molar-refractivity contribution in [3.05, 3.63) is 60.6 Å². The molecule has 8 heteroatoms. The third kappa shape index (κ3) is 3.52. The molecule has 156 valence electrons. The number of carbonyl (C=O) groups excluding carboxylic acids is 1. The number of fused-ring (bicyclic) bond motifs is 3. The number of amides is 1. The van der Waals surface area contributed by atoms with Crippen molar-refractivity contribution < 1.29 is 13.9 Å². The van der Waals surface area contributed by atoms with Crippen LogP contribution in [0.3, 0.4) is 0 Å². The Kier molecular flexibility index (Phi) is 5.08. The van der Waals surface area contributed by atoms with E-state index in [0.717, 1.165) is 24.2 Å². The summed E-state index contributed by atoms with van der Waals surface area (Å²) in [6, 6.07) is 7.93. The average molecular weight is 409 g/mol. The van der Waals surface area contributed by atoms with Gasteiger partial charge in [0.1, 0.15) is 5.65 Å². The Morgan fingerprint density at radius 2 is 2.00 bits per heavy atom. The molecular weight excluding hydrogens is 385 g/mol. The monoisotopic (exact) mass is 409 g/mol. The predicted octanol–water partition coefficient (Wildman–Crippen LogP) is 2.65. The van der Waals surface area contributed by atoms with Gasteiger partial charge in [0, 0.05) is 49.5 Å². The van der Waals surface area contributed by atoms with Crippen LogP contribution < -0.4 is 4.90 Å². The van der Waals surface area contributed by atoms with Crippen LogP contribution in [0.1, 0.15) is 25.0 Å². The van der Waals surface area contributed by atoms with Crippen LogP contribution in [-0.4, -0.2) is 57.0 Å². The molecule has 7 nitrogen and oxygen atoms in total. The number of nitrogens with zero attached hydrogens (tertiary/aromatic N) is 5. The third-order valence-corrected chi connectivity index (χ3v) is 6.09. The van der Waals surface area contributed by atoms with Gasteiger partial charge in [0.15, 0.2) is 5.82 Å². The minimum absolute atomic E-state index is 0.0996. The minimum Gasteiger partial charge on any atom is -0.375 e. The molecule has 3 aromatic rings. The maximum atomic E-state index is 14.2. The van der Waals surface area contributed by atoms with Gasteiger partial charge in [-0.15, -0.1) is 0 Å². The molecule has 2 atom stereocenters. The highest BCUT2D eigenvalue weighted by molar-refractivity contribution is 5.77. The van der Waals surface area contributed by atoms with Gasteiger partial charge < -0.3 is 18.9 Å². The van der Waals surface area contributed by atoms with Crippen molar-refractivity contribution in [2.45, 2.75) is 38.0 Å². The Labute approximate surface area is 174 Å². The first kappa shape index (κ1) is 19.0. The van der Waals surface area contributed by atoms with E-state index in [0.29, 0.717) is 38.4 Å². The van der Waals surface area contributed by atoms with Crippen LogP contribution in [0.25, 0.3) is 5.65 Å². The summed E-state index contributed by atoms with van der Waals surface area (Å²) in [4.78, 5) is 24.9. The number of piperazine rings is 1. The fraction of sp³-hybridized carbons (Fsp3) is 0.409. The second kappa shape index (κ2) is 8.02. The summed E-state index contributed by atoms with van der Waals surface area (Å²) in [5.41, 5.74) is 2.48. The van der Waals surface area contributed by atoms with Crippen LogP contribution in [0.2, 0.25) is 0 Å². The second-order valence-electron chi connectivity index (χ2n) is 7.89. The number of pyridine rings is 2. The lowest BCUT2D eigenvalue weighted by atomic mass is 10.1. The van der Waals surface area contributed by atoms with Gasteiger partial charge in [0.25, 0.3) is 0 Å². The van der Waals surface area contributed by atoms with Crippen LogP contribution in [0.5, 0.6) is 0 Å². The molecular formula is C22H24FN5O2. The van der Waals surface area contributed by atoms with Crippen molar-refractivity contribution in [1.82, 2.24) is 19.3 Å². The first-order valence-corrected chi connectivity index (χ1v) is 10.3. The van der Waals surface area contributed by atoms with Gasteiger partial charge in [0.2, 0.25) is 5.91 Å². The van der Waals surface area contributed by atoms with E-state index in [1.165, 1.54) is 6.20 Å².